The van der Waals surface area contributed by atoms with Crippen LogP contribution in [0.25, 0.3) is 0 Å². The van der Waals surface area contributed by atoms with E-state index in [1.165, 1.54) is 5.56 Å². The Morgan fingerprint density at radius 3 is 2.33 bits per heavy atom. The van der Waals surface area contributed by atoms with E-state index in [0.717, 1.165) is 24.1 Å². The summed E-state index contributed by atoms with van der Waals surface area (Å²) < 4.78 is 0. The second-order valence-electron chi connectivity index (χ2n) is 7.19. The summed E-state index contributed by atoms with van der Waals surface area (Å²) in [6.45, 7) is 3.96. The molecule has 1 aliphatic rings. The molecule has 1 aliphatic heterocycles. The highest BCUT2D eigenvalue weighted by molar-refractivity contribution is 5.89. The number of nitrogens with one attached hydrogen (secondary N) is 2. The van der Waals surface area contributed by atoms with Gasteiger partial charge in [0, 0.05) is 31.7 Å². The van der Waals surface area contributed by atoms with Crippen LogP contribution in [0.3, 0.4) is 0 Å². The van der Waals surface area contributed by atoms with Gasteiger partial charge < -0.3 is 15.5 Å². The number of piperidine rings is 1. The fourth-order valence-corrected chi connectivity index (χ4v) is 3.31. The lowest BCUT2D eigenvalue weighted by Crippen LogP contribution is -2.41. The molecule has 3 amide bonds. The van der Waals surface area contributed by atoms with Crippen LogP contribution in [0.1, 0.15) is 30.4 Å². The zero-order valence-corrected chi connectivity index (χ0v) is 15.8. The second kappa shape index (κ2) is 9.21. The first-order valence-corrected chi connectivity index (χ1v) is 9.53. The third-order valence-electron chi connectivity index (χ3n) is 5.01. The van der Waals surface area contributed by atoms with Crippen LogP contribution < -0.4 is 10.6 Å². The van der Waals surface area contributed by atoms with Crippen LogP contribution in [0, 0.1) is 12.8 Å². The molecular formula is C22H27N3O2. The Hall–Kier alpha value is -2.82. The number of likely N-dealkylation sites (tertiary alicyclic amines) is 1. The van der Waals surface area contributed by atoms with Crippen molar-refractivity contribution >= 4 is 17.6 Å². The minimum atomic E-state index is -0.0640. The summed E-state index contributed by atoms with van der Waals surface area (Å²) in [6, 6.07) is 17.6. The van der Waals surface area contributed by atoms with Crippen molar-refractivity contribution < 1.29 is 9.59 Å². The normalized spacial score (nSPS) is 14.6. The van der Waals surface area contributed by atoms with Gasteiger partial charge in [-0.15, -0.1) is 0 Å². The first kappa shape index (κ1) is 19.0. The quantitative estimate of drug-likeness (QED) is 0.843. The number of nitrogens with zero attached hydrogens (tertiary/aromatic N) is 1. The molecule has 0 aliphatic carbocycles. The zero-order chi connectivity index (χ0) is 19.1. The van der Waals surface area contributed by atoms with Crippen LogP contribution in [0.2, 0.25) is 0 Å². The fraction of sp³-hybridized carbons (Fsp3) is 0.364. The lowest BCUT2D eigenvalue weighted by Gasteiger charge is -2.31. The Kier molecular flexibility index (Phi) is 6.47. The van der Waals surface area contributed by atoms with Crippen molar-refractivity contribution in [2.24, 2.45) is 5.92 Å². The Morgan fingerprint density at radius 2 is 1.67 bits per heavy atom. The molecule has 0 unspecified atom stereocenters. The van der Waals surface area contributed by atoms with Gasteiger partial charge in [0.1, 0.15) is 0 Å². The largest absolute Gasteiger partial charge is 0.352 e. The van der Waals surface area contributed by atoms with Crippen molar-refractivity contribution in [1.82, 2.24) is 10.2 Å². The Morgan fingerprint density at radius 1 is 1.00 bits per heavy atom. The van der Waals surface area contributed by atoms with Gasteiger partial charge >= 0.3 is 6.03 Å². The standard InChI is InChI=1S/C22H27N3O2/c1-17-7-9-20(10-8-17)24-22(27)25-13-11-18(12-14-25)15-21(26)23-16-19-5-3-2-4-6-19/h2-10,18H,11-16H2,1H3,(H,23,26)(H,24,27). The van der Waals surface area contributed by atoms with E-state index >= 15 is 0 Å². The third-order valence-corrected chi connectivity index (χ3v) is 5.01. The monoisotopic (exact) mass is 365 g/mol. The molecule has 0 radical (unpaired) electrons. The highest BCUT2D eigenvalue weighted by Crippen LogP contribution is 2.21. The van der Waals surface area contributed by atoms with Crippen molar-refractivity contribution in [3.63, 3.8) is 0 Å². The summed E-state index contributed by atoms with van der Waals surface area (Å²) in [5, 5.41) is 5.93. The number of carbonyl (C=O) groups is 2. The van der Waals surface area contributed by atoms with E-state index in [1.807, 2.05) is 66.4 Å². The number of hydrogen-bond donors (Lipinski definition) is 2. The van der Waals surface area contributed by atoms with Crippen LogP contribution in [-0.2, 0) is 11.3 Å². The van der Waals surface area contributed by atoms with Crippen molar-refractivity contribution in [2.45, 2.75) is 32.7 Å². The van der Waals surface area contributed by atoms with Gasteiger partial charge in [-0.1, -0.05) is 48.0 Å². The van der Waals surface area contributed by atoms with Gasteiger partial charge in [0.2, 0.25) is 5.91 Å². The highest BCUT2D eigenvalue weighted by Gasteiger charge is 2.24. The molecular weight excluding hydrogens is 338 g/mol. The van der Waals surface area contributed by atoms with Crippen molar-refractivity contribution in [1.29, 1.82) is 0 Å². The molecule has 27 heavy (non-hydrogen) atoms. The van der Waals surface area contributed by atoms with E-state index in [-0.39, 0.29) is 11.9 Å². The fourth-order valence-electron chi connectivity index (χ4n) is 3.31. The predicted molar refractivity (Wildman–Crippen MR) is 107 cm³/mol. The lowest BCUT2D eigenvalue weighted by molar-refractivity contribution is -0.122. The number of benzene rings is 2. The summed E-state index contributed by atoms with van der Waals surface area (Å²) in [5.74, 6) is 0.422. The maximum Gasteiger partial charge on any atom is 0.321 e. The molecule has 2 aromatic rings. The summed E-state index contributed by atoms with van der Waals surface area (Å²) in [7, 11) is 0. The Labute approximate surface area is 160 Å². The molecule has 3 rings (SSSR count). The SMILES string of the molecule is Cc1ccc(NC(=O)N2CCC(CC(=O)NCc3ccccc3)CC2)cc1. The first-order chi connectivity index (χ1) is 13.1. The molecule has 1 fully saturated rings. The van der Waals surface area contributed by atoms with Crippen LogP contribution >= 0.6 is 0 Å². The first-order valence-electron chi connectivity index (χ1n) is 9.53. The Balaban J connectivity index is 1.38. The predicted octanol–water partition coefficient (Wildman–Crippen LogP) is 3.95. The summed E-state index contributed by atoms with van der Waals surface area (Å²) in [4.78, 5) is 26.4. The molecule has 5 nitrogen and oxygen atoms in total. The molecule has 0 aromatic heterocycles. The van der Waals surface area contributed by atoms with Gasteiger partial charge in [0.25, 0.3) is 0 Å². The molecule has 0 spiro atoms. The molecule has 5 heteroatoms. The number of carbonyl (C=O) groups excluding carboxylic acids is 2. The van der Waals surface area contributed by atoms with E-state index < -0.39 is 0 Å². The molecule has 1 saturated heterocycles. The van der Waals surface area contributed by atoms with Crippen molar-refractivity contribution in [2.75, 3.05) is 18.4 Å². The van der Waals surface area contributed by atoms with Gasteiger partial charge in [0.15, 0.2) is 0 Å². The zero-order valence-electron chi connectivity index (χ0n) is 15.8. The topological polar surface area (TPSA) is 61.4 Å². The van der Waals surface area contributed by atoms with Gasteiger partial charge in [0.05, 0.1) is 0 Å². The molecule has 1 heterocycles. The van der Waals surface area contributed by atoms with E-state index in [4.69, 9.17) is 0 Å². The molecule has 142 valence electrons. The van der Waals surface area contributed by atoms with Gasteiger partial charge in [-0.05, 0) is 43.4 Å². The van der Waals surface area contributed by atoms with E-state index in [1.54, 1.807) is 0 Å². The number of hydrogen-bond acceptors (Lipinski definition) is 2. The average molecular weight is 365 g/mol. The maximum atomic E-state index is 12.4. The van der Waals surface area contributed by atoms with Crippen LogP contribution in [0.4, 0.5) is 10.5 Å². The number of aryl methyl sites for hydroxylation is 1. The van der Waals surface area contributed by atoms with E-state index in [0.29, 0.717) is 32.0 Å². The molecule has 2 N–H and O–H groups in total. The number of anilines is 1. The van der Waals surface area contributed by atoms with E-state index in [9.17, 15) is 9.59 Å². The van der Waals surface area contributed by atoms with Gasteiger partial charge in [-0.2, -0.15) is 0 Å². The van der Waals surface area contributed by atoms with Crippen LogP contribution in [-0.4, -0.2) is 29.9 Å². The minimum absolute atomic E-state index is 0.0640. The maximum absolute atomic E-state index is 12.4. The summed E-state index contributed by atoms with van der Waals surface area (Å²) in [5.41, 5.74) is 3.08. The Bertz CT molecular complexity index is 751. The molecule has 2 aromatic carbocycles. The smallest absolute Gasteiger partial charge is 0.321 e. The molecule has 0 atom stereocenters. The van der Waals surface area contributed by atoms with Crippen molar-refractivity contribution in [3.8, 4) is 0 Å². The molecule has 0 saturated carbocycles. The van der Waals surface area contributed by atoms with Gasteiger partial charge in [-0.25, -0.2) is 4.79 Å². The van der Waals surface area contributed by atoms with Crippen LogP contribution in [0.15, 0.2) is 54.6 Å². The second-order valence-corrected chi connectivity index (χ2v) is 7.19. The van der Waals surface area contributed by atoms with E-state index in [2.05, 4.69) is 10.6 Å². The molecule has 0 bridgehead atoms. The summed E-state index contributed by atoms with van der Waals surface area (Å²) >= 11 is 0. The summed E-state index contributed by atoms with van der Waals surface area (Å²) in [6.07, 6.45) is 2.25. The lowest BCUT2D eigenvalue weighted by atomic mass is 9.93. The number of amides is 3. The third kappa shape index (κ3) is 5.84. The van der Waals surface area contributed by atoms with Gasteiger partial charge in [-0.3, -0.25) is 4.79 Å². The highest BCUT2D eigenvalue weighted by atomic mass is 16.2. The number of rotatable bonds is 5. The average Bonchev–Trinajstić information content (AvgIpc) is 2.69. The number of urea groups is 1. The van der Waals surface area contributed by atoms with Crippen molar-refractivity contribution in [3.05, 3.63) is 65.7 Å². The van der Waals surface area contributed by atoms with Crippen LogP contribution in [0.5, 0.6) is 0 Å². The minimum Gasteiger partial charge on any atom is -0.352 e.